The summed E-state index contributed by atoms with van der Waals surface area (Å²) in [5, 5.41) is 3.45. The lowest BCUT2D eigenvalue weighted by Gasteiger charge is -2.15. The summed E-state index contributed by atoms with van der Waals surface area (Å²) in [7, 11) is 0. The largest absolute Gasteiger partial charge is 0.493 e. The molecule has 0 radical (unpaired) electrons. The van der Waals surface area contributed by atoms with Crippen molar-refractivity contribution in [2.45, 2.75) is 46.2 Å². The van der Waals surface area contributed by atoms with E-state index in [0.717, 1.165) is 24.8 Å². The Labute approximate surface area is 104 Å². The fourth-order valence-electron chi connectivity index (χ4n) is 1.86. The van der Waals surface area contributed by atoms with Gasteiger partial charge in [0, 0.05) is 18.2 Å². The van der Waals surface area contributed by atoms with Gasteiger partial charge in [-0.2, -0.15) is 0 Å². The van der Waals surface area contributed by atoms with Crippen LogP contribution in [0.25, 0.3) is 0 Å². The first kappa shape index (κ1) is 12.4. The SMILES string of the molecule is Cc1cccc(CNC(C)C)c1OCC1CC1. The van der Waals surface area contributed by atoms with E-state index >= 15 is 0 Å². The Kier molecular flexibility index (Phi) is 4.06. The van der Waals surface area contributed by atoms with Gasteiger partial charge in [0.25, 0.3) is 0 Å². The minimum atomic E-state index is 0.506. The van der Waals surface area contributed by atoms with Gasteiger partial charge in [0.15, 0.2) is 0 Å². The summed E-state index contributed by atoms with van der Waals surface area (Å²) in [6.07, 6.45) is 2.68. The number of benzene rings is 1. The molecule has 94 valence electrons. The molecule has 0 spiro atoms. The van der Waals surface area contributed by atoms with Gasteiger partial charge in [-0.15, -0.1) is 0 Å². The van der Waals surface area contributed by atoms with Crippen LogP contribution in [0.2, 0.25) is 0 Å². The van der Waals surface area contributed by atoms with E-state index in [-0.39, 0.29) is 0 Å². The van der Waals surface area contributed by atoms with Gasteiger partial charge in [-0.3, -0.25) is 0 Å². The van der Waals surface area contributed by atoms with Gasteiger partial charge < -0.3 is 10.1 Å². The number of hydrogen-bond donors (Lipinski definition) is 1. The Balaban J connectivity index is 2.03. The van der Waals surface area contributed by atoms with Crippen molar-refractivity contribution < 1.29 is 4.74 Å². The van der Waals surface area contributed by atoms with Crippen LogP contribution in [0.15, 0.2) is 18.2 Å². The zero-order chi connectivity index (χ0) is 12.3. The second-order valence-corrected chi connectivity index (χ2v) is 5.35. The predicted molar refractivity (Wildman–Crippen MR) is 71.4 cm³/mol. The second kappa shape index (κ2) is 5.54. The molecule has 2 heteroatoms. The summed E-state index contributed by atoms with van der Waals surface area (Å²) >= 11 is 0. The van der Waals surface area contributed by atoms with Gasteiger partial charge in [0.1, 0.15) is 5.75 Å². The summed E-state index contributed by atoms with van der Waals surface area (Å²) in [5.41, 5.74) is 2.52. The van der Waals surface area contributed by atoms with E-state index in [1.807, 2.05) is 0 Å². The lowest BCUT2D eigenvalue weighted by Crippen LogP contribution is -2.22. The Morgan fingerprint density at radius 1 is 1.35 bits per heavy atom. The van der Waals surface area contributed by atoms with E-state index in [4.69, 9.17) is 4.74 Å². The summed E-state index contributed by atoms with van der Waals surface area (Å²) in [4.78, 5) is 0. The molecule has 0 heterocycles. The molecule has 0 aliphatic heterocycles. The number of hydrogen-bond acceptors (Lipinski definition) is 2. The van der Waals surface area contributed by atoms with Crippen molar-refractivity contribution in [1.82, 2.24) is 5.32 Å². The number of nitrogens with one attached hydrogen (secondary N) is 1. The van der Waals surface area contributed by atoms with Crippen molar-refractivity contribution >= 4 is 0 Å². The molecule has 1 fully saturated rings. The van der Waals surface area contributed by atoms with Crippen molar-refractivity contribution in [2.75, 3.05) is 6.61 Å². The van der Waals surface area contributed by atoms with Gasteiger partial charge in [0.05, 0.1) is 6.61 Å². The van der Waals surface area contributed by atoms with Crippen molar-refractivity contribution in [2.24, 2.45) is 5.92 Å². The highest BCUT2D eigenvalue weighted by Crippen LogP contribution is 2.31. The molecule has 2 nitrogen and oxygen atoms in total. The van der Waals surface area contributed by atoms with Crippen LogP contribution >= 0.6 is 0 Å². The van der Waals surface area contributed by atoms with Crippen molar-refractivity contribution in [3.05, 3.63) is 29.3 Å². The van der Waals surface area contributed by atoms with Crippen LogP contribution in [0.5, 0.6) is 5.75 Å². The average molecular weight is 233 g/mol. The smallest absolute Gasteiger partial charge is 0.126 e. The molecule has 1 saturated carbocycles. The standard InChI is InChI=1S/C15H23NO/c1-11(2)16-9-14-6-4-5-12(3)15(14)17-10-13-7-8-13/h4-6,11,13,16H,7-10H2,1-3H3. The minimum absolute atomic E-state index is 0.506. The summed E-state index contributed by atoms with van der Waals surface area (Å²) in [6, 6.07) is 6.90. The normalized spacial score (nSPS) is 15.3. The number of para-hydroxylation sites is 1. The van der Waals surface area contributed by atoms with E-state index in [1.165, 1.54) is 24.0 Å². The number of aryl methyl sites for hydroxylation is 1. The lowest BCUT2D eigenvalue weighted by molar-refractivity contribution is 0.294. The fourth-order valence-corrected chi connectivity index (χ4v) is 1.86. The third-order valence-electron chi connectivity index (χ3n) is 3.15. The molecule has 0 atom stereocenters. The van der Waals surface area contributed by atoms with Gasteiger partial charge in [-0.1, -0.05) is 32.0 Å². The van der Waals surface area contributed by atoms with E-state index in [9.17, 15) is 0 Å². The van der Waals surface area contributed by atoms with Crippen LogP contribution in [-0.4, -0.2) is 12.6 Å². The Morgan fingerprint density at radius 3 is 2.76 bits per heavy atom. The van der Waals surface area contributed by atoms with Crippen LogP contribution in [-0.2, 0) is 6.54 Å². The monoisotopic (exact) mass is 233 g/mol. The zero-order valence-corrected chi connectivity index (χ0v) is 11.1. The molecule has 0 unspecified atom stereocenters. The molecule has 0 amide bonds. The first-order valence-electron chi connectivity index (χ1n) is 6.61. The molecule has 2 rings (SSSR count). The minimum Gasteiger partial charge on any atom is -0.493 e. The third kappa shape index (κ3) is 3.74. The molecule has 1 aromatic carbocycles. The van der Waals surface area contributed by atoms with Crippen LogP contribution in [0.3, 0.4) is 0 Å². The van der Waals surface area contributed by atoms with Crippen LogP contribution in [0.4, 0.5) is 0 Å². The second-order valence-electron chi connectivity index (χ2n) is 5.35. The molecular weight excluding hydrogens is 210 g/mol. The van der Waals surface area contributed by atoms with Crippen LogP contribution in [0.1, 0.15) is 37.8 Å². The highest BCUT2D eigenvalue weighted by molar-refractivity contribution is 5.40. The molecule has 1 aliphatic rings. The lowest BCUT2D eigenvalue weighted by atomic mass is 10.1. The van der Waals surface area contributed by atoms with E-state index < -0.39 is 0 Å². The predicted octanol–water partition coefficient (Wildman–Crippen LogP) is 3.28. The highest BCUT2D eigenvalue weighted by atomic mass is 16.5. The first-order valence-corrected chi connectivity index (χ1v) is 6.61. The molecule has 0 bridgehead atoms. The van der Waals surface area contributed by atoms with E-state index in [1.54, 1.807) is 0 Å². The van der Waals surface area contributed by atoms with Gasteiger partial charge >= 0.3 is 0 Å². The zero-order valence-electron chi connectivity index (χ0n) is 11.1. The number of rotatable bonds is 6. The Bertz CT molecular complexity index is 369. The maximum absolute atomic E-state index is 5.98. The molecule has 1 aliphatic carbocycles. The maximum Gasteiger partial charge on any atom is 0.126 e. The van der Waals surface area contributed by atoms with Gasteiger partial charge in [-0.05, 0) is 31.2 Å². The maximum atomic E-state index is 5.98. The highest BCUT2D eigenvalue weighted by Gasteiger charge is 2.22. The fraction of sp³-hybridized carbons (Fsp3) is 0.600. The summed E-state index contributed by atoms with van der Waals surface area (Å²) in [6.45, 7) is 8.24. The third-order valence-corrected chi connectivity index (χ3v) is 3.15. The van der Waals surface area contributed by atoms with Gasteiger partial charge in [-0.25, -0.2) is 0 Å². The van der Waals surface area contributed by atoms with Crippen molar-refractivity contribution in [3.63, 3.8) is 0 Å². The van der Waals surface area contributed by atoms with Gasteiger partial charge in [0.2, 0.25) is 0 Å². The van der Waals surface area contributed by atoms with Crippen LogP contribution in [0, 0.1) is 12.8 Å². The summed E-state index contributed by atoms with van der Waals surface area (Å²) < 4.78 is 5.98. The number of ether oxygens (including phenoxy) is 1. The first-order chi connectivity index (χ1) is 8.16. The molecule has 1 aromatic rings. The molecule has 1 N–H and O–H groups in total. The summed E-state index contributed by atoms with van der Waals surface area (Å²) in [5.74, 6) is 1.90. The average Bonchev–Trinajstić information content (AvgIpc) is 3.08. The molecule has 17 heavy (non-hydrogen) atoms. The quantitative estimate of drug-likeness (QED) is 0.814. The molecule has 0 aromatic heterocycles. The Hall–Kier alpha value is -1.02. The van der Waals surface area contributed by atoms with E-state index in [2.05, 4.69) is 44.3 Å². The topological polar surface area (TPSA) is 21.3 Å². The van der Waals surface area contributed by atoms with Crippen molar-refractivity contribution in [3.8, 4) is 5.75 Å². The van der Waals surface area contributed by atoms with Crippen molar-refractivity contribution in [1.29, 1.82) is 0 Å². The van der Waals surface area contributed by atoms with E-state index in [0.29, 0.717) is 6.04 Å². The molecular formula is C15H23NO. The van der Waals surface area contributed by atoms with Crippen LogP contribution < -0.4 is 10.1 Å². The molecule has 0 saturated heterocycles. The Morgan fingerprint density at radius 2 is 2.12 bits per heavy atom.